The summed E-state index contributed by atoms with van der Waals surface area (Å²) in [7, 11) is -7.78. The van der Waals surface area contributed by atoms with Crippen molar-refractivity contribution in [3.63, 3.8) is 0 Å². The molecule has 9 rings (SSSR count). The first kappa shape index (κ1) is 56.8. The van der Waals surface area contributed by atoms with Gasteiger partial charge in [-0.15, -0.1) is 0 Å². The third-order valence-corrected chi connectivity index (χ3v) is 17.6. The first-order chi connectivity index (χ1) is 37.6. The molecule has 6 heterocycles. The van der Waals surface area contributed by atoms with E-state index in [1.165, 1.54) is 18.2 Å². The molecule has 1 spiro atoms. The summed E-state index contributed by atoms with van der Waals surface area (Å²) in [5.74, 6) is -4.30. The van der Waals surface area contributed by atoms with E-state index >= 15 is 0 Å². The maximum atomic E-state index is 14.3. The standard InChI is InChI=1S/C53H64F4N12O8S2/c1-34(36-10-18-66(19-11-36)43-29-39(64-78(74,75)26-24-70)6-8-41(43)48(72)60-45-28-35(2)58-50(62-45)69-32-37(33-69)47(54)55)4-3-5-38-31-46(63-51(59-38)68-22-16-53(56,57)17-23-68)61-49(73)42-9-7-40(65-79(76,77)27-25-71)30-44(42)67-20-14-52(12-13-52)15-21-67/h3,5-9,28-31,64-65,70-71H,4,10-27,32-33H2,1-2H3,(H,58,60,62,72)(H,59,61,63,73)/b5-3+. The van der Waals surface area contributed by atoms with Crippen LogP contribution in [0.4, 0.5) is 63.8 Å². The topological polar surface area (TPSA) is 256 Å². The average Bonchev–Trinajstić information content (AvgIpc) is 4.22. The first-order valence-electron chi connectivity index (χ1n) is 26.2. The Morgan fingerprint density at radius 3 is 1.67 bits per heavy atom. The lowest BCUT2D eigenvalue weighted by atomic mass is 9.93. The van der Waals surface area contributed by atoms with Crippen LogP contribution in [-0.2, 0) is 20.0 Å². The summed E-state index contributed by atoms with van der Waals surface area (Å²) in [4.78, 5) is 53.7. The van der Waals surface area contributed by atoms with Crippen LogP contribution in [0.1, 0.15) is 96.8 Å². The number of anilines is 8. The maximum Gasteiger partial charge on any atom is 0.273 e. The summed E-state index contributed by atoms with van der Waals surface area (Å²) in [5.41, 5.74) is 5.31. The molecule has 2 amide bonds. The molecule has 6 N–H and O–H groups in total. The van der Waals surface area contributed by atoms with Gasteiger partial charge in [-0.1, -0.05) is 17.2 Å². The summed E-state index contributed by atoms with van der Waals surface area (Å²) >= 11 is 0. The van der Waals surface area contributed by atoms with E-state index in [0.29, 0.717) is 73.6 Å². The van der Waals surface area contributed by atoms with Gasteiger partial charge in [0.25, 0.3) is 23.8 Å². The van der Waals surface area contributed by atoms with Gasteiger partial charge in [0, 0.05) is 88.6 Å². The third kappa shape index (κ3) is 14.3. The highest BCUT2D eigenvalue weighted by molar-refractivity contribution is 7.93. The number of aliphatic hydroxyl groups is 2. The molecule has 424 valence electrons. The second kappa shape index (κ2) is 23.4. The number of amides is 2. The third-order valence-electron chi connectivity index (χ3n) is 15.0. The molecular weight excluding hydrogens is 1070 g/mol. The van der Waals surface area contributed by atoms with Crippen LogP contribution in [0.3, 0.4) is 0 Å². The zero-order valence-corrected chi connectivity index (χ0v) is 45.5. The van der Waals surface area contributed by atoms with Crippen molar-refractivity contribution in [3.05, 3.63) is 99.9 Å². The Bertz CT molecular complexity index is 3280. The zero-order chi connectivity index (χ0) is 56.3. The number of hydrogen-bond acceptors (Lipinski definition) is 16. The summed E-state index contributed by atoms with van der Waals surface area (Å²) in [6.07, 6.45) is 7.01. The number of aliphatic hydroxyl groups excluding tert-OH is 2. The number of halogens is 4. The molecule has 0 radical (unpaired) electrons. The van der Waals surface area contributed by atoms with Crippen LogP contribution in [0, 0.1) is 12.3 Å². The number of rotatable bonds is 19. The normalized spacial score (nSPS) is 18.1. The monoisotopic (exact) mass is 1140 g/mol. The van der Waals surface area contributed by atoms with Crippen LogP contribution < -0.4 is 39.7 Å². The van der Waals surface area contributed by atoms with Crippen molar-refractivity contribution in [1.82, 2.24) is 19.9 Å². The minimum Gasteiger partial charge on any atom is -0.395 e. The molecule has 2 aromatic carbocycles. The molecule has 5 fully saturated rings. The maximum absolute atomic E-state index is 14.3. The Balaban J connectivity index is 0.919. The molecule has 26 heteroatoms. The molecule has 4 saturated heterocycles. The fraction of sp³-hybridized carbons (Fsp3) is 0.472. The van der Waals surface area contributed by atoms with E-state index < -0.39 is 81.4 Å². The molecule has 4 aliphatic heterocycles. The van der Waals surface area contributed by atoms with E-state index in [1.807, 2.05) is 17.9 Å². The number of piperidine rings is 3. The molecule has 2 aromatic heterocycles. The van der Waals surface area contributed by atoms with E-state index in [9.17, 15) is 54.2 Å². The van der Waals surface area contributed by atoms with Crippen molar-refractivity contribution in [1.29, 1.82) is 0 Å². The van der Waals surface area contributed by atoms with Gasteiger partial charge in [-0.2, -0.15) is 18.7 Å². The molecule has 0 unspecified atom stereocenters. The number of nitrogens with zero attached hydrogens (tertiary/aromatic N) is 8. The van der Waals surface area contributed by atoms with Gasteiger partial charge in [0.15, 0.2) is 0 Å². The van der Waals surface area contributed by atoms with Crippen LogP contribution in [0.5, 0.6) is 0 Å². The number of alkyl halides is 2. The van der Waals surface area contributed by atoms with E-state index in [-0.39, 0.29) is 77.8 Å². The number of allylic oxidation sites excluding steroid dienone is 2. The smallest absolute Gasteiger partial charge is 0.273 e. The number of sulfonamides is 2. The number of benzene rings is 2. The Labute approximate surface area is 456 Å². The van der Waals surface area contributed by atoms with Crippen molar-refractivity contribution < 1.29 is 54.2 Å². The summed E-state index contributed by atoms with van der Waals surface area (Å²) in [6.45, 7) is 4.68. The lowest BCUT2D eigenvalue weighted by molar-refractivity contribution is -0.0222. The molecule has 20 nitrogen and oxygen atoms in total. The Kier molecular flexibility index (Phi) is 16.9. The fourth-order valence-corrected chi connectivity index (χ4v) is 11.9. The van der Waals surface area contributed by atoms with Gasteiger partial charge < -0.3 is 40.4 Å². The van der Waals surface area contributed by atoms with Crippen molar-refractivity contribution in [2.24, 2.45) is 5.41 Å². The number of aromatic nitrogens is 4. The van der Waals surface area contributed by atoms with E-state index in [1.54, 1.807) is 53.1 Å². The van der Waals surface area contributed by atoms with Gasteiger partial charge in [-0.3, -0.25) is 19.0 Å². The average molecular weight is 1140 g/mol. The predicted octanol–water partition coefficient (Wildman–Crippen LogP) is 7.15. The van der Waals surface area contributed by atoms with Crippen molar-refractivity contribution in [3.8, 4) is 0 Å². The summed E-state index contributed by atoms with van der Waals surface area (Å²) < 4.78 is 111. The van der Waals surface area contributed by atoms with Gasteiger partial charge in [-0.25, -0.2) is 35.6 Å². The minimum atomic E-state index is -3.92. The van der Waals surface area contributed by atoms with Crippen LogP contribution in [-0.4, -0.2) is 142 Å². The SMILES string of the molecule is CC(C/C=C/c1cc(NC(=O)c2ccc(NS(=O)(=O)CCO)cc2N2CCC3(CC2)CC3)nc(N2CCC(F)(F)CC2)n1)=C1CCN(c2cc(NS(=O)(=O)CCO)ccc2C(=O)Nc2cc(C)nc(N3CC(=C(F)F)C3)n2)CC1. The highest BCUT2D eigenvalue weighted by atomic mass is 32.2. The number of carbonyl (C=O) groups is 2. The van der Waals surface area contributed by atoms with E-state index in [4.69, 9.17) is 4.98 Å². The second-order valence-electron chi connectivity index (χ2n) is 20.9. The van der Waals surface area contributed by atoms with Gasteiger partial charge in [-0.05, 0) is 107 Å². The number of carbonyl (C=O) groups excluding carboxylic acids is 2. The summed E-state index contributed by atoms with van der Waals surface area (Å²) in [6, 6.07) is 12.3. The predicted molar refractivity (Wildman–Crippen MR) is 295 cm³/mol. The molecule has 5 aliphatic rings. The zero-order valence-electron chi connectivity index (χ0n) is 43.9. The first-order valence-corrected chi connectivity index (χ1v) is 29.5. The van der Waals surface area contributed by atoms with Crippen molar-refractivity contribution >= 4 is 84.2 Å². The Morgan fingerprint density at radius 2 is 1.15 bits per heavy atom. The molecule has 1 aliphatic carbocycles. The molecule has 79 heavy (non-hydrogen) atoms. The van der Waals surface area contributed by atoms with Gasteiger partial charge in [0.1, 0.15) is 11.6 Å². The number of hydrogen-bond donors (Lipinski definition) is 6. The second-order valence-corrected chi connectivity index (χ2v) is 24.5. The van der Waals surface area contributed by atoms with Gasteiger partial charge in [0.2, 0.25) is 31.9 Å². The highest BCUT2D eigenvalue weighted by Gasteiger charge is 2.45. The lowest BCUT2D eigenvalue weighted by Gasteiger charge is -2.35. The Morgan fingerprint density at radius 1 is 0.646 bits per heavy atom. The largest absolute Gasteiger partial charge is 0.395 e. The Hall–Kier alpha value is -6.90. The molecule has 4 aromatic rings. The minimum absolute atomic E-state index is 0.00637. The van der Waals surface area contributed by atoms with Crippen molar-refractivity contribution in [2.45, 2.75) is 77.6 Å². The molecular formula is C53H64F4N12O8S2. The van der Waals surface area contributed by atoms with Crippen LogP contribution in [0.15, 0.2) is 77.4 Å². The number of nitrogens with one attached hydrogen (secondary N) is 4. The molecule has 0 bridgehead atoms. The summed E-state index contributed by atoms with van der Waals surface area (Å²) in [5, 5.41) is 24.4. The quantitative estimate of drug-likeness (QED) is 0.0402. The van der Waals surface area contributed by atoms with Crippen LogP contribution >= 0.6 is 0 Å². The molecule has 0 atom stereocenters. The van der Waals surface area contributed by atoms with E-state index in [2.05, 4.69) is 39.9 Å². The van der Waals surface area contributed by atoms with Crippen LogP contribution in [0.2, 0.25) is 0 Å². The van der Waals surface area contributed by atoms with Gasteiger partial charge >= 0.3 is 0 Å². The number of aryl methyl sites for hydroxylation is 1. The van der Waals surface area contributed by atoms with E-state index in [0.717, 1.165) is 36.8 Å². The van der Waals surface area contributed by atoms with Crippen molar-refractivity contribution in [2.75, 3.05) is 117 Å². The fourth-order valence-electron chi connectivity index (χ4n) is 10.2. The van der Waals surface area contributed by atoms with Gasteiger partial charge in [0.05, 0.1) is 64.3 Å². The highest BCUT2D eigenvalue weighted by Crippen LogP contribution is 2.54. The molecule has 1 saturated carbocycles. The van der Waals surface area contributed by atoms with Crippen LogP contribution in [0.25, 0.3) is 6.08 Å². The lowest BCUT2D eigenvalue weighted by Crippen LogP contribution is -2.41.